The predicted molar refractivity (Wildman–Crippen MR) is 82.1 cm³/mol. The summed E-state index contributed by atoms with van der Waals surface area (Å²) >= 11 is 11.8. The van der Waals surface area contributed by atoms with E-state index in [1.807, 2.05) is 18.2 Å². The Kier molecular flexibility index (Phi) is 4.71. The number of hydrogen-bond acceptors (Lipinski definition) is 2. The zero-order valence-corrected chi connectivity index (χ0v) is 13.4. The van der Waals surface area contributed by atoms with E-state index < -0.39 is 0 Å². The Morgan fingerprint density at radius 1 is 1.39 bits per heavy atom. The molecule has 4 heteroatoms. The molecule has 1 heterocycles. The van der Waals surface area contributed by atoms with Gasteiger partial charge >= 0.3 is 0 Å². The molecule has 1 atom stereocenters. The largest absolute Gasteiger partial charge is 0.496 e. The second-order valence-electron chi connectivity index (χ2n) is 3.91. The highest BCUT2D eigenvalue weighted by molar-refractivity contribution is 9.10. The average Bonchev–Trinajstić information content (AvgIpc) is 2.86. The zero-order chi connectivity index (χ0) is 13.1. The van der Waals surface area contributed by atoms with Gasteiger partial charge in [0.15, 0.2) is 0 Å². The SMILES string of the molecule is CCc1ccsc1C(Cl)c1cc(Br)ccc1OC. The fourth-order valence-electron chi connectivity index (χ4n) is 1.91. The van der Waals surface area contributed by atoms with Crippen LogP contribution in [0.15, 0.2) is 34.1 Å². The molecule has 0 fully saturated rings. The minimum atomic E-state index is -0.160. The normalized spacial score (nSPS) is 12.4. The van der Waals surface area contributed by atoms with E-state index in [1.165, 1.54) is 10.4 Å². The number of thiophene rings is 1. The van der Waals surface area contributed by atoms with Gasteiger partial charge in [0.2, 0.25) is 0 Å². The molecule has 1 nitrogen and oxygen atoms in total. The maximum atomic E-state index is 6.62. The fraction of sp³-hybridized carbons (Fsp3) is 0.286. The van der Waals surface area contributed by atoms with E-state index >= 15 is 0 Å². The molecule has 0 spiro atoms. The molecule has 0 N–H and O–H groups in total. The molecule has 1 aromatic carbocycles. The minimum absolute atomic E-state index is 0.160. The second kappa shape index (κ2) is 6.09. The van der Waals surface area contributed by atoms with Crippen molar-refractivity contribution in [1.29, 1.82) is 0 Å². The molecule has 0 aliphatic heterocycles. The lowest BCUT2D eigenvalue weighted by Gasteiger charge is -2.14. The van der Waals surface area contributed by atoms with E-state index in [0.717, 1.165) is 22.2 Å². The third-order valence-corrected chi connectivity index (χ3v) is 4.96. The van der Waals surface area contributed by atoms with Gasteiger partial charge in [-0.1, -0.05) is 22.9 Å². The van der Waals surface area contributed by atoms with Crippen LogP contribution in [0.5, 0.6) is 5.75 Å². The van der Waals surface area contributed by atoms with E-state index in [0.29, 0.717) is 0 Å². The smallest absolute Gasteiger partial charge is 0.124 e. The topological polar surface area (TPSA) is 9.23 Å². The van der Waals surface area contributed by atoms with Gasteiger partial charge in [-0.25, -0.2) is 0 Å². The van der Waals surface area contributed by atoms with Crippen LogP contribution in [0, 0.1) is 0 Å². The van der Waals surface area contributed by atoms with Crippen molar-refractivity contribution >= 4 is 38.9 Å². The van der Waals surface area contributed by atoms with Gasteiger partial charge < -0.3 is 4.74 Å². The fourth-order valence-corrected chi connectivity index (χ4v) is 3.74. The minimum Gasteiger partial charge on any atom is -0.496 e. The molecule has 2 aromatic rings. The Hall–Kier alpha value is -0.510. The van der Waals surface area contributed by atoms with E-state index in [-0.39, 0.29) is 5.38 Å². The van der Waals surface area contributed by atoms with E-state index in [2.05, 4.69) is 34.3 Å². The summed E-state index contributed by atoms with van der Waals surface area (Å²) in [7, 11) is 1.67. The summed E-state index contributed by atoms with van der Waals surface area (Å²) in [5.74, 6) is 0.827. The van der Waals surface area contributed by atoms with Crippen molar-refractivity contribution in [1.82, 2.24) is 0 Å². The number of rotatable bonds is 4. The Labute approximate surface area is 125 Å². The van der Waals surface area contributed by atoms with Crippen molar-refractivity contribution < 1.29 is 4.74 Å². The number of alkyl halides is 1. The van der Waals surface area contributed by atoms with Gasteiger partial charge in [0.05, 0.1) is 12.5 Å². The first-order chi connectivity index (χ1) is 8.67. The van der Waals surface area contributed by atoms with Gasteiger partial charge in [-0.15, -0.1) is 22.9 Å². The van der Waals surface area contributed by atoms with Crippen LogP contribution in [-0.4, -0.2) is 7.11 Å². The van der Waals surface area contributed by atoms with Crippen molar-refractivity contribution in [2.24, 2.45) is 0 Å². The standard InChI is InChI=1S/C14H14BrClOS/c1-3-9-6-7-18-14(9)13(16)11-8-10(15)4-5-12(11)17-2/h4-8,13H,3H2,1-2H3. The van der Waals surface area contributed by atoms with E-state index in [4.69, 9.17) is 16.3 Å². The first-order valence-electron chi connectivity index (χ1n) is 5.71. The average molecular weight is 346 g/mol. The summed E-state index contributed by atoms with van der Waals surface area (Å²) in [6.45, 7) is 2.15. The second-order valence-corrected chi connectivity index (χ2v) is 6.21. The first-order valence-corrected chi connectivity index (χ1v) is 7.82. The molecule has 18 heavy (non-hydrogen) atoms. The first kappa shape index (κ1) is 13.9. The molecule has 0 saturated heterocycles. The summed E-state index contributed by atoms with van der Waals surface area (Å²) in [6.07, 6.45) is 0.998. The molecular formula is C14H14BrClOS. The third-order valence-electron chi connectivity index (χ3n) is 2.86. The summed E-state index contributed by atoms with van der Waals surface area (Å²) < 4.78 is 6.40. The molecule has 0 amide bonds. The van der Waals surface area contributed by atoms with Gasteiger partial charge in [0.1, 0.15) is 5.75 Å². The number of benzene rings is 1. The predicted octanol–water partition coefficient (Wildman–Crippen LogP) is 5.41. The lowest BCUT2D eigenvalue weighted by molar-refractivity contribution is 0.410. The van der Waals surface area contributed by atoms with Gasteiger partial charge in [-0.2, -0.15) is 0 Å². The van der Waals surface area contributed by atoms with E-state index in [1.54, 1.807) is 18.4 Å². The van der Waals surface area contributed by atoms with Crippen LogP contribution < -0.4 is 4.74 Å². The van der Waals surface area contributed by atoms with Gasteiger partial charge in [0.25, 0.3) is 0 Å². The lowest BCUT2D eigenvalue weighted by Crippen LogP contribution is -1.98. The van der Waals surface area contributed by atoms with Crippen molar-refractivity contribution in [3.05, 3.63) is 50.1 Å². The van der Waals surface area contributed by atoms with Crippen molar-refractivity contribution in [3.8, 4) is 5.75 Å². The molecule has 0 saturated carbocycles. The van der Waals surface area contributed by atoms with Crippen LogP contribution in [0.1, 0.15) is 28.3 Å². The Bertz CT molecular complexity index is 538. The van der Waals surface area contributed by atoms with Crippen LogP contribution in [0.25, 0.3) is 0 Å². The monoisotopic (exact) mass is 344 g/mol. The summed E-state index contributed by atoms with van der Waals surface area (Å²) in [5, 5.41) is 1.93. The van der Waals surface area contributed by atoms with Crippen molar-refractivity contribution in [2.75, 3.05) is 7.11 Å². The molecule has 0 radical (unpaired) electrons. The highest BCUT2D eigenvalue weighted by Crippen LogP contribution is 2.40. The quantitative estimate of drug-likeness (QED) is 0.673. The highest BCUT2D eigenvalue weighted by atomic mass is 79.9. The van der Waals surface area contributed by atoms with Crippen LogP contribution in [0.3, 0.4) is 0 Å². The number of aryl methyl sites for hydroxylation is 1. The van der Waals surface area contributed by atoms with E-state index in [9.17, 15) is 0 Å². The molecule has 0 aliphatic rings. The van der Waals surface area contributed by atoms with Crippen molar-refractivity contribution in [2.45, 2.75) is 18.7 Å². The number of hydrogen-bond donors (Lipinski definition) is 0. The molecule has 96 valence electrons. The lowest BCUT2D eigenvalue weighted by atomic mass is 10.1. The molecule has 0 aliphatic carbocycles. The Morgan fingerprint density at radius 3 is 2.83 bits per heavy atom. The maximum absolute atomic E-state index is 6.62. The van der Waals surface area contributed by atoms with Crippen molar-refractivity contribution in [3.63, 3.8) is 0 Å². The summed E-state index contributed by atoms with van der Waals surface area (Å²) in [5.41, 5.74) is 2.31. The molecular weight excluding hydrogens is 332 g/mol. The van der Waals surface area contributed by atoms with Crippen LogP contribution >= 0.6 is 38.9 Å². The Balaban J connectivity index is 2.45. The summed E-state index contributed by atoms with van der Waals surface area (Å²) in [4.78, 5) is 1.20. The van der Waals surface area contributed by atoms with Gasteiger partial charge in [0, 0.05) is 14.9 Å². The van der Waals surface area contributed by atoms with Crippen LogP contribution in [-0.2, 0) is 6.42 Å². The maximum Gasteiger partial charge on any atom is 0.124 e. The molecule has 1 unspecified atom stereocenters. The van der Waals surface area contributed by atoms with Crippen LogP contribution in [0.2, 0.25) is 0 Å². The number of halogens is 2. The Morgan fingerprint density at radius 2 is 2.17 bits per heavy atom. The third kappa shape index (κ3) is 2.73. The zero-order valence-electron chi connectivity index (χ0n) is 10.2. The van der Waals surface area contributed by atoms with Gasteiger partial charge in [-0.3, -0.25) is 0 Å². The molecule has 1 aromatic heterocycles. The number of methoxy groups -OCH3 is 1. The molecule has 0 bridgehead atoms. The van der Waals surface area contributed by atoms with Gasteiger partial charge in [-0.05, 0) is 41.6 Å². The van der Waals surface area contributed by atoms with Crippen LogP contribution in [0.4, 0.5) is 0 Å². The number of ether oxygens (including phenoxy) is 1. The summed E-state index contributed by atoms with van der Waals surface area (Å²) in [6, 6.07) is 8.06. The highest BCUT2D eigenvalue weighted by Gasteiger charge is 2.19. The molecule has 2 rings (SSSR count).